The van der Waals surface area contributed by atoms with Crippen molar-refractivity contribution >= 4 is 57.3 Å². The highest BCUT2D eigenvalue weighted by Crippen LogP contribution is 2.28. The van der Waals surface area contributed by atoms with Gasteiger partial charge in [0.2, 0.25) is 0 Å². The van der Waals surface area contributed by atoms with Crippen molar-refractivity contribution in [3.63, 3.8) is 0 Å². The summed E-state index contributed by atoms with van der Waals surface area (Å²) in [5, 5.41) is 11.6. The number of hydrogen-bond acceptors (Lipinski definition) is 6. The first-order valence-electron chi connectivity index (χ1n) is 7.74. The lowest BCUT2D eigenvalue weighted by molar-refractivity contribution is -0.385. The van der Waals surface area contributed by atoms with E-state index in [0.717, 1.165) is 14.2 Å². The summed E-state index contributed by atoms with van der Waals surface area (Å²) in [5.74, 6) is -0.710. The van der Waals surface area contributed by atoms with E-state index in [-0.39, 0.29) is 28.4 Å². The lowest BCUT2D eigenvalue weighted by Gasteiger charge is -2.09. The van der Waals surface area contributed by atoms with Crippen molar-refractivity contribution in [1.82, 2.24) is 9.55 Å². The van der Waals surface area contributed by atoms with Gasteiger partial charge in [-0.2, -0.15) is 0 Å². The Morgan fingerprint density at radius 1 is 1.33 bits per heavy atom. The number of nitrogens with zero attached hydrogens (tertiary/aromatic N) is 2. The molecular formula is C17H12IN3O5S. The molecule has 27 heavy (non-hydrogen) atoms. The minimum atomic E-state index is -0.756. The first kappa shape index (κ1) is 19.2. The highest BCUT2D eigenvalue weighted by molar-refractivity contribution is 14.1. The van der Waals surface area contributed by atoms with Gasteiger partial charge in [0.15, 0.2) is 10.5 Å². The molecule has 0 aliphatic carbocycles. The molecule has 8 nitrogen and oxygen atoms in total. The number of hydrogen-bond donors (Lipinski definition) is 1. The normalized spacial score (nSPS) is 10.7. The highest BCUT2D eigenvalue weighted by atomic mass is 127. The fraction of sp³-hybridized carbons (Fsp3) is 0.118. The minimum Gasteiger partial charge on any atom is -0.487 e. The number of nitro groups is 1. The Balaban J connectivity index is 2.19. The van der Waals surface area contributed by atoms with Gasteiger partial charge in [0.25, 0.3) is 11.5 Å². The first-order chi connectivity index (χ1) is 12.8. The number of aromatic amines is 1. The maximum absolute atomic E-state index is 12.9. The largest absolute Gasteiger partial charge is 0.487 e. The highest BCUT2D eigenvalue weighted by Gasteiger charge is 2.21. The molecule has 1 N–H and O–H groups in total. The standard InChI is InChI=1S/C17H12IN3O5S/c1-2-26-14-6-3-9(7-13(14)21(24)25)15(22)20-16(23)11-8-10(18)4-5-12(11)19-17(20)27/h3-8H,2H2,1H3,(H,19,27). The molecule has 1 heterocycles. The molecular weight excluding hydrogens is 485 g/mol. The number of carbonyl (C=O) groups is 1. The van der Waals surface area contributed by atoms with Crippen molar-refractivity contribution < 1.29 is 14.5 Å². The van der Waals surface area contributed by atoms with Crippen molar-refractivity contribution in [3.8, 4) is 5.75 Å². The lowest BCUT2D eigenvalue weighted by atomic mass is 10.1. The molecule has 0 amide bonds. The van der Waals surface area contributed by atoms with Gasteiger partial charge < -0.3 is 9.72 Å². The molecule has 0 radical (unpaired) electrons. The van der Waals surface area contributed by atoms with Gasteiger partial charge in [-0.05, 0) is 72.1 Å². The summed E-state index contributed by atoms with van der Waals surface area (Å²) in [5.41, 5.74) is -0.487. The molecule has 3 aromatic rings. The minimum absolute atomic E-state index is 0.0447. The Hall–Kier alpha value is -2.60. The molecule has 0 bridgehead atoms. The molecule has 0 aliphatic heterocycles. The van der Waals surface area contributed by atoms with Crippen LogP contribution in [-0.4, -0.2) is 27.0 Å². The van der Waals surface area contributed by atoms with Crippen LogP contribution < -0.4 is 10.3 Å². The fourth-order valence-electron chi connectivity index (χ4n) is 2.57. The van der Waals surface area contributed by atoms with Gasteiger partial charge in [-0.3, -0.25) is 19.7 Å². The van der Waals surface area contributed by atoms with Gasteiger partial charge in [-0.25, -0.2) is 4.57 Å². The third-order valence-electron chi connectivity index (χ3n) is 3.77. The molecule has 0 saturated carbocycles. The van der Waals surface area contributed by atoms with Gasteiger partial charge in [0.05, 0.1) is 22.4 Å². The molecule has 0 fully saturated rings. The smallest absolute Gasteiger partial charge is 0.311 e. The van der Waals surface area contributed by atoms with E-state index in [1.165, 1.54) is 12.1 Å². The van der Waals surface area contributed by atoms with E-state index in [2.05, 4.69) is 27.6 Å². The number of H-pyrrole nitrogens is 1. The quantitative estimate of drug-likeness (QED) is 0.255. The zero-order valence-electron chi connectivity index (χ0n) is 13.9. The molecule has 0 aliphatic rings. The predicted molar refractivity (Wildman–Crippen MR) is 110 cm³/mol. The van der Waals surface area contributed by atoms with Crippen LogP contribution in [0.2, 0.25) is 0 Å². The second kappa shape index (κ2) is 7.56. The summed E-state index contributed by atoms with van der Waals surface area (Å²) >= 11 is 7.21. The molecule has 0 unspecified atom stereocenters. The summed E-state index contributed by atoms with van der Waals surface area (Å²) in [6.45, 7) is 1.93. The van der Waals surface area contributed by atoms with Crippen molar-refractivity contribution in [2.45, 2.75) is 6.92 Å². The van der Waals surface area contributed by atoms with E-state index in [0.29, 0.717) is 10.9 Å². The number of carbonyl (C=O) groups excluding carboxylic acids is 1. The zero-order chi connectivity index (χ0) is 19.7. The van der Waals surface area contributed by atoms with Crippen LogP contribution in [0.3, 0.4) is 0 Å². The average Bonchev–Trinajstić information content (AvgIpc) is 2.62. The lowest BCUT2D eigenvalue weighted by Crippen LogP contribution is -2.29. The molecule has 2 aromatic carbocycles. The Morgan fingerprint density at radius 2 is 2.07 bits per heavy atom. The summed E-state index contributed by atoms with van der Waals surface area (Å²) in [4.78, 5) is 39.1. The van der Waals surface area contributed by atoms with Crippen LogP contribution in [0.15, 0.2) is 41.2 Å². The Morgan fingerprint density at radius 3 is 2.74 bits per heavy atom. The number of benzene rings is 2. The van der Waals surface area contributed by atoms with Crippen LogP contribution >= 0.6 is 34.8 Å². The Kier molecular flexibility index (Phi) is 5.37. The maximum Gasteiger partial charge on any atom is 0.311 e. The monoisotopic (exact) mass is 497 g/mol. The molecule has 1 aromatic heterocycles. The number of nitro benzene ring substituents is 1. The number of nitrogens with one attached hydrogen (secondary N) is 1. The summed E-state index contributed by atoms with van der Waals surface area (Å²) in [6.07, 6.45) is 0. The molecule has 0 saturated heterocycles. The second-order valence-corrected chi connectivity index (χ2v) is 7.07. The van der Waals surface area contributed by atoms with Gasteiger partial charge in [0, 0.05) is 15.2 Å². The van der Waals surface area contributed by atoms with E-state index in [9.17, 15) is 19.7 Å². The maximum atomic E-state index is 12.9. The number of rotatable bonds is 4. The van der Waals surface area contributed by atoms with E-state index in [4.69, 9.17) is 17.0 Å². The van der Waals surface area contributed by atoms with Gasteiger partial charge in [-0.1, -0.05) is 0 Å². The molecule has 3 rings (SSSR count). The zero-order valence-corrected chi connectivity index (χ0v) is 16.9. The van der Waals surface area contributed by atoms with Crippen LogP contribution in [0.25, 0.3) is 10.9 Å². The van der Waals surface area contributed by atoms with Crippen LogP contribution in [0.5, 0.6) is 5.75 Å². The van der Waals surface area contributed by atoms with E-state index in [1.54, 1.807) is 25.1 Å². The molecule has 138 valence electrons. The van der Waals surface area contributed by atoms with Gasteiger partial charge >= 0.3 is 5.69 Å². The fourth-order valence-corrected chi connectivity index (χ4v) is 3.34. The van der Waals surface area contributed by atoms with Crippen molar-refractivity contribution in [2.24, 2.45) is 0 Å². The average molecular weight is 497 g/mol. The van der Waals surface area contributed by atoms with Crippen LogP contribution in [0.4, 0.5) is 5.69 Å². The van der Waals surface area contributed by atoms with Gasteiger partial charge in [-0.15, -0.1) is 0 Å². The van der Waals surface area contributed by atoms with Crippen LogP contribution in [0, 0.1) is 18.5 Å². The van der Waals surface area contributed by atoms with Crippen molar-refractivity contribution in [3.05, 3.63) is 70.8 Å². The summed E-state index contributed by atoms with van der Waals surface area (Å²) in [7, 11) is 0. The Bertz CT molecular complexity index is 1200. The number of halogens is 1. The van der Waals surface area contributed by atoms with E-state index in [1.807, 2.05) is 0 Å². The van der Waals surface area contributed by atoms with E-state index < -0.39 is 16.4 Å². The second-order valence-electron chi connectivity index (χ2n) is 5.44. The third-order valence-corrected chi connectivity index (χ3v) is 4.72. The van der Waals surface area contributed by atoms with E-state index >= 15 is 0 Å². The number of ether oxygens (including phenoxy) is 1. The van der Waals surface area contributed by atoms with Crippen molar-refractivity contribution in [1.29, 1.82) is 0 Å². The third kappa shape index (κ3) is 3.62. The Labute approximate surface area is 171 Å². The van der Waals surface area contributed by atoms with Gasteiger partial charge in [0.1, 0.15) is 0 Å². The summed E-state index contributed by atoms with van der Waals surface area (Å²) in [6, 6.07) is 8.90. The van der Waals surface area contributed by atoms with Crippen molar-refractivity contribution in [2.75, 3.05) is 6.61 Å². The van der Waals surface area contributed by atoms with Crippen LogP contribution in [0.1, 0.15) is 17.3 Å². The van der Waals surface area contributed by atoms with Crippen LogP contribution in [-0.2, 0) is 0 Å². The molecule has 0 spiro atoms. The number of fused-ring (bicyclic) bond motifs is 1. The number of aromatic nitrogens is 2. The first-order valence-corrected chi connectivity index (χ1v) is 9.22. The predicted octanol–water partition coefficient (Wildman–Crippen LogP) is 3.66. The molecule has 0 atom stereocenters. The molecule has 10 heteroatoms. The SMILES string of the molecule is CCOc1ccc(C(=O)n2c(=S)[nH]c3ccc(I)cc3c2=O)cc1[N+](=O)[O-]. The topological polar surface area (TPSA) is 107 Å². The summed E-state index contributed by atoms with van der Waals surface area (Å²) < 4.78 is 6.74.